The molecule has 3 aromatic rings. The monoisotopic (exact) mass is 455 g/mol. The van der Waals surface area contributed by atoms with Gasteiger partial charge in [0.05, 0.1) is 24.4 Å². The molecule has 1 aliphatic carbocycles. The van der Waals surface area contributed by atoms with E-state index in [0.717, 1.165) is 41.6 Å². The third-order valence-electron chi connectivity index (χ3n) is 6.50. The van der Waals surface area contributed by atoms with Crippen LogP contribution in [0.3, 0.4) is 0 Å². The van der Waals surface area contributed by atoms with Gasteiger partial charge >= 0.3 is 0 Å². The summed E-state index contributed by atoms with van der Waals surface area (Å²) in [6, 6.07) is 1.67. The summed E-state index contributed by atoms with van der Waals surface area (Å²) in [5.41, 5.74) is 4.73. The highest BCUT2D eigenvalue weighted by Gasteiger charge is 2.29. The zero-order chi connectivity index (χ0) is 23.7. The van der Waals surface area contributed by atoms with E-state index in [0.29, 0.717) is 35.4 Å². The van der Waals surface area contributed by atoms with Crippen LogP contribution in [0.2, 0.25) is 0 Å². The van der Waals surface area contributed by atoms with Crippen molar-refractivity contribution in [1.82, 2.24) is 25.3 Å². The van der Waals surface area contributed by atoms with Gasteiger partial charge in [-0.25, -0.2) is 8.78 Å². The molecule has 0 radical (unpaired) electrons. The Balaban J connectivity index is 1.92. The fraction of sp³-hybridized carbons (Fsp3) is 0.440. The Morgan fingerprint density at radius 3 is 2.76 bits per heavy atom. The van der Waals surface area contributed by atoms with Crippen LogP contribution in [0.5, 0.6) is 0 Å². The molecule has 0 spiro atoms. The summed E-state index contributed by atoms with van der Waals surface area (Å²) < 4.78 is 38.6. The lowest BCUT2D eigenvalue weighted by Gasteiger charge is -2.26. The quantitative estimate of drug-likeness (QED) is 0.509. The van der Waals surface area contributed by atoms with E-state index in [1.807, 2.05) is 20.3 Å². The van der Waals surface area contributed by atoms with Crippen LogP contribution in [0, 0.1) is 11.6 Å². The van der Waals surface area contributed by atoms with Crippen molar-refractivity contribution in [2.24, 2.45) is 7.05 Å². The van der Waals surface area contributed by atoms with Gasteiger partial charge in [-0.2, -0.15) is 10.2 Å². The van der Waals surface area contributed by atoms with Gasteiger partial charge in [-0.1, -0.05) is 13.3 Å². The lowest BCUT2D eigenvalue weighted by molar-refractivity contribution is 0.370. The van der Waals surface area contributed by atoms with E-state index in [9.17, 15) is 0 Å². The average Bonchev–Trinajstić information content (AvgIpc) is 3.41. The fourth-order valence-corrected chi connectivity index (χ4v) is 4.78. The Hall–Kier alpha value is -3.00. The summed E-state index contributed by atoms with van der Waals surface area (Å²) in [7, 11) is 5.23. The summed E-state index contributed by atoms with van der Waals surface area (Å²) in [5, 5.41) is 15.1. The van der Waals surface area contributed by atoms with Crippen LogP contribution in [-0.2, 0) is 31.0 Å². The normalized spacial score (nSPS) is 16.5. The number of nitrogens with zero attached hydrogens (tertiary/aromatic N) is 3. The molecule has 0 amide bonds. The van der Waals surface area contributed by atoms with E-state index in [1.165, 1.54) is 13.2 Å². The Kier molecular flexibility index (Phi) is 6.65. The third-order valence-corrected chi connectivity index (χ3v) is 6.50. The Bertz CT molecular complexity index is 1190. The van der Waals surface area contributed by atoms with Crippen LogP contribution in [-0.4, -0.2) is 40.2 Å². The highest BCUT2D eigenvalue weighted by atomic mass is 19.1. The number of aromatic nitrogens is 4. The lowest BCUT2D eigenvalue weighted by Crippen LogP contribution is -2.32. The Labute approximate surface area is 193 Å². The second kappa shape index (κ2) is 9.47. The number of allylic oxidation sites excluding steroid dienone is 1. The number of halogens is 2. The minimum atomic E-state index is -0.565. The predicted octanol–water partition coefficient (Wildman–Crippen LogP) is 4.65. The average molecular weight is 456 g/mol. The molecule has 1 atom stereocenters. The molecule has 1 aliphatic rings. The van der Waals surface area contributed by atoms with Crippen LogP contribution in [0.1, 0.15) is 54.6 Å². The first kappa shape index (κ1) is 23.2. The van der Waals surface area contributed by atoms with Gasteiger partial charge in [-0.05, 0) is 56.8 Å². The lowest BCUT2D eigenvalue weighted by atomic mass is 9.85. The molecule has 0 saturated heterocycles. The van der Waals surface area contributed by atoms with Gasteiger partial charge in [0.15, 0.2) is 0 Å². The largest absolute Gasteiger partial charge is 0.496 e. The van der Waals surface area contributed by atoms with Crippen molar-refractivity contribution in [2.45, 2.75) is 52.0 Å². The van der Waals surface area contributed by atoms with E-state index in [4.69, 9.17) is 4.74 Å². The minimum Gasteiger partial charge on any atom is -0.496 e. The maximum absolute atomic E-state index is 15.8. The summed E-state index contributed by atoms with van der Waals surface area (Å²) in [6.45, 7) is 3.78. The molecule has 2 aromatic heterocycles. The number of nitrogens with one attached hydrogen (secondary N) is 2. The molecule has 0 aliphatic heterocycles. The number of likely N-dealkylation sites (N-methyl/N-ethyl adjacent to an activating group) is 1. The van der Waals surface area contributed by atoms with Crippen LogP contribution in [0.25, 0.3) is 22.6 Å². The van der Waals surface area contributed by atoms with E-state index >= 15 is 8.78 Å². The number of fused-ring (bicyclic) bond motifs is 1. The van der Waals surface area contributed by atoms with E-state index in [2.05, 4.69) is 27.5 Å². The van der Waals surface area contributed by atoms with Gasteiger partial charge in [0.1, 0.15) is 23.1 Å². The van der Waals surface area contributed by atoms with Crippen LogP contribution in [0.4, 0.5) is 8.78 Å². The predicted molar refractivity (Wildman–Crippen MR) is 126 cm³/mol. The van der Waals surface area contributed by atoms with Crippen molar-refractivity contribution in [3.63, 3.8) is 0 Å². The zero-order valence-corrected chi connectivity index (χ0v) is 19.9. The first-order valence-electron chi connectivity index (χ1n) is 11.4. The number of aromatic amines is 1. The van der Waals surface area contributed by atoms with Gasteiger partial charge in [0.2, 0.25) is 0 Å². The molecule has 1 unspecified atom stereocenters. The van der Waals surface area contributed by atoms with Crippen molar-refractivity contribution >= 4 is 11.3 Å². The highest BCUT2D eigenvalue weighted by molar-refractivity contribution is 5.92. The van der Waals surface area contributed by atoms with Crippen molar-refractivity contribution < 1.29 is 13.5 Å². The topological polar surface area (TPSA) is 67.8 Å². The zero-order valence-electron chi connectivity index (χ0n) is 19.9. The molecule has 33 heavy (non-hydrogen) atoms. The first-order valence-corrected chi connectivity index (χ1v) is 11.4. The standard InChI is InChI=1S/C25H31F2N5O/c1-6-7-20-22(24(31-30-20)16-12-29-32(4)13-16)25(33-5)14(2)21-19(26)10-15-8-9-17(28-3)11-18(15)23(21)27/h10,12-13,17,28H,6-9,11H2,1-5H3,(H,30,31)/b25-14-. The molecule has 176 valence electrons. The van der Waals surface area contributed by atoms with Crippen LogP contribution in [0.15, 0.2) is 18.5 Å². The van der Waals surface area contributed by atoms with E-state index in [1.54, 1.807) is 17.8 Å². The molecule has 4 rings (SSSR count). The van der Waals surface area contributed by atoms with Crippen molar-refractivity contribution in [1.29, 1.82) is 0 Å². The van der Waals surface area contributed by atoms with Gasteiger partial charge < -0.3 is 10.1 Å². The SMILES string of the molecule is CCCc1[nH]nc(-c2cnn(C)c2)c1/C(OC)=C(\C)c1c(F)cc2c(c1F)CC(NC)CC2. The number of aryl methyl sites for hydroxylation is 3. The Morgan fingerprint density at radius 1 is 1.33 bits per heavy atom. The van der Waals surface area contributed by atoms with Crippen molar-refractivity contribution in [2.75, 3.05) is 14.2 Å². The first-order chi connectivity index (χ1) is 15.9. The van der Waals surface area contributed by atoms with Crippen molar-refractivity contribution in [3.8, 4) is 11.3 Å². The summed E-state index contributed by atoms with van der Waals surface area (Å²) >= 11 is 0. The molecule has 8 heteroatoms. The molecular formula is C25H31F2N5O. The molecule has 1 aromatic carbocycles. The fourth-order valence-electron chi connectivity index (χ4n) is 4.78. The van der Waals surface area contributed by atoms with Crippen LogP contribution < -0.4 is 5.32 Å². The molecule has 0 fully saturated rings. The Morgan fingerprint density at radius 2 is 2.12 bits per heavy atom. The molecule has 2 N–H and O–H groups in total. The minimum absolute atomic E-state index is 0.0388. The van der Waals surface area contributed by atoms with Gasteiger partial charge in [0.25, 0.3) is 0 Å². The third kappa shape index (κ3) is 4.19. The van der Waals surface area contributed by atoms with Gasteiger partial charge in [-0.3, -0.25) is 9.78 Å². The van der Waals surface area contributed by atoms with Gasteiger partial charge in [-0.15, -0.1) is 0 Å². The molecule has 6 nitrogen and oxygen atoms in total. The maximum Gasteiger partial charge on any atom is 0.137 e. The van der Waals surface area contributed by atoms with E-state index in [-0.39, 0.29) is 11.6 Å². The van der Waals surface area contributed by atoms with Crippen LogP contribution >= 0.6 is 0 Å². The summed E-state index contributed by atoms with van der Waals surface area (Å²) in [4.78, 5) is 0. The number of benzene rings is 1. The highest BCUT2D eigenvalue weighted by Crippen LogP contribution is 2.38. The second-order valence-corrected chi connectivity index (χ2v) is 8.65. The molecule has 0 saturated carbocycles. The number of rotatable bonds is 7. The smallest absolute Gasteiger partial charge is 0.137 e. The molecular weight excluding hydrogens is 424 g/mol. The summed E-state index contributed by atoms with van der Waals surface area (Å²) in [5.74, 6) is -0.657. The van der Waals surface area contributed by atoms with Crippen molar-refractivity contribution in [3.05, 3.63) is 58.0 Å². The number of methoxy groups -OCH3 is 1. The number of H-pyrrole nitrogens is 1. The van der Waals surface area contributed by atoms with E-state index < -0.39 is 11.6 Å². The number of hydrogen-bond donors (Lipinski definition) is 2. The maximum atomic E-state index is 15.8. The molecule has 0 bridgehead atoms. The van der Waals surface area contributed by atoms with Gasteiger partial charge in [0, 0.05) is 36.1 Å². The summed E-state index contributed by atoms with van der Waals surface area (Å²) in [6.07, 6.45) is 7.23. The number of hydrogen-bond acceptors (Lipinski definition) is 4. The molecule has 2 heterocycles. The number of ether oxygens (including phenoxy) is 1. The second-order valence-electron chi connectivity index (χ2n) is 8.65.